The largest absolute Gasteiger partial charge is 0.496 e. The molecule has 5 nitrogen and oxygen atoms in total. The summed E-state index contributed by atoms with van der Waals surface area (Å²) in [6.45, 7) is 3.76. The zero-order valence-corrected chi connectivity index (χ0v) is 15.7. The number of hydrogen-bond donors (Lipinski definition) is 1. The Labute approximate surface area is 151 Å². The Morgan fingerprint density at radius 3 is 2.36 bits per heavy atom. The molecule has 0 aliphatic heterocycles. The second-order valence-corrected chi connectivity index (χ2v) is 8.31. The molecule has 0 unspecified atom stereocenters. The monoisotopic (exact) mass is 374 g/mol. The van der Waals surface area contributed by atoms with Crippen molar-refractivity contribution in [2.45, 2.75) is 18.7 Å². The number of sulfonamides is 1. The van der Waals surface area contributed by atoms with Gasteiger partial charge in [-0.1, -0.05) is 12.1 Å². The van der Waals surface area contributed by atoms with Crippen LogP contribution in [0.25, 0.3) is 11.3 Å². The summed E-state index contributed by atoms with van der Waals surface area (Å²) in [7, 11) is -2.10. The number of nitrogens with zero attached hydrogens (tertiary/aromatic N) is 1. The number of thiazole rings is 1. The van der Waals surface area contributed by atoms with E-state index in [0.717, 1.165) is 21.8 Å². The van der Waals surface area contributed by atoms with Crippen molar-refractivity contribution in [3.05, 3.63) is 58.4 Å². The third-order valence-corrected chi connectivity index (χ3v) is 5.88. The van der Waals surface area contributed by atoms with Crippen molar-refractivity contribution in [2.75, 3.05) is 11.8 Å². The Morgan fingerprint density at radius 2 is 1.80 bits per heavy atom. The maximum Gasteiger partial charge on any atom is 0.261 e. The van der Waals surface area contributed by atoms with Crippen molar-refractivity contribution >= 4 is 27.0 Å². The summed E-state index contributed by atoms with van der Waals surface area (Å²) in [6, 6.07) is 11.9. The van der Waals surface area contributed by atoms with Crippen molar-refractivity contribution in [3.8, 4) is 17.0 Å². The fourth-order valence-electron chi connectivity index (χ4n) is 2.44. The molecule has 0 saturated heterocycles. The van der Waals surface area contributed by atoms with Crippen LogP contribution in [0.2, 0.25) is 0 Å². The number of hydrogen-bond acceptors (Lipinski definition) is 5. The van der Waals surface area contributed by atoms with Crippen LogP contribution in [0.15, 0.2) is 52.7 Å². The quantitative estimate of drug-likeness (QED) is 0.725. The van der Waals surface area contributed by atoms with E-state index >= 15 is 0 Å². The number of aromatic nitrogens is 1. The molecule has 0 radical (unpaired) electrons. The average molecular weight is 374 g/mol. The molecular weight excluding hydrogens is 356 g/mol. The Bertz CT molecular complexity index is 993. The number of nitrogens with one attached hydrogen (secondary N) is 1. The molecule has 3 aromatic rings. The molecule has 0 atom stereocenters. The van der Waals surface area contributed by atoms with E-state index in [4.69, 9.17) is 4.74 Å². The first-order chi connectivity index (χ1) is 11.9. The van der Waals surface area contributed by atoms with E-state index in [1.807, 2.05) is 31.4 Å². The van der Waals surface area contributed by atoms with Crippen LogP contribution in [0.1, 0.15) is 10.6 Å². The molecule has 0 saturated carbocycles. The lowest BCUT2D eigenvalue weighted by Gasteiger charge is -2.11. The molecule has 0 aliphatic carbocycles. The highest BCUT2D eigenvalue weighted by Gasteiger charge is 2.15. The van der Waals surface area contributed by atoms with Gasteiger partial charge in [-0.3, -0.25) is 4.72 Å². The van der Waals surface area contributed by atoms with Gasteiger partial charge in [-0.25, -0.2) is 13.4 Å². The Kier molecular flexibility index (Phi) is 4.78. The molecule has 7 heteroatoms. The summed E-state index contributed by atoms with van der Waals surface area (Å²) >= 11 is 1.58. The van der Waals surface area contributed by atoms with Gasteiger partial charge in [0.05, 0.1) is 22.7 Å². The third kappa shape index (κ3) is 3.83. The van der Waals surface area contributed by atoms with Gasteiger partial charge in [0, 0.05) is 16.6 Å². The smallest absolute Gasteiger partial charge is 0.261 e. The van der Waals surface area contributed by atoms with Crippen LogP contribution >= 0.6 is 11.3 Å². The number of anilines is 1. The standard InChI is InChI=1S/C18H18N2O3S2/c1-12-10-16(8-9-18(12)23-3)25(21,22)20-15-6-4-14(5-7-15)17-11-24-13(2)19-17/h4-11,20H,1-3H3. The van der Waals surface area contributed by atoms with E-state index in [2.05, 4.69) is 9.71 Å². The molecule has 1 aromatic heterocycles. The molecule has 130 valence electrons. The minimum absolute atomic E-state index is 0.199. The zero-order valence-electron chi connectivity index (χ0n) is 14.1. The number of ether oxygens (including phenoxy) is 1. The van der Waals surface area contributed by atoms with E-state index in [-0.39, 0.29) is 4.90 Å². The molecule has 0 bridgehead atoms. The summed E-state index contributed by atoms with van der Waals surface area (Å²) in [5.74, 6) is 0.654. The predicted octanol–water partition coefficient (Wildman–Crippen LogP) is 4.24. The molecular formula is C18H18N2O3S2. The van der Waals surface area contributed by atoms with Crippen molar-refractivity contribution in [3.63, 3.8) is 0 Å². The molecule has 1 heterocycles. The van der Waals surface area contributed by atoms with Gasteiger partial charge in [-0.05, 0) is 49.7 Å². The Hall–Kier alpha value is -2.38. The van der Waals surface area contributed by atoms with Gasteiger partial charge in [0.25, 0.3) is 10.0 Å². The van der Waals surface area contributed by atoms with E-state index in [1.54, 1.807) is 42.7 Å². The first-order valence-electron chi connectivity index (χ1n) is 7.59. The van der Waals surface area contributed by atoms with Crippen molar-refractivity contribution in [2.24, 2.45) is 0 Å². The van der Waals surface area contributed by atoms with Crippen LogP contribution in [0.4, 0.5) is 5.69 Å². The van der Waals surface area contributed by atoms with E-state index in [1.165, 1.54) is 6.07 Å². The van der Waals surface area contributed by atoms with Gasteiger partial charge in [0.15, 0.2) is 0 Å². The normalized spacial score (nSPS) is 11.3. The van der Waals surface area contributed by atoms with Crippen LogP contribution in [-0.2, 0) is 10.0 Å². The van der Waals surface area contributed by atoms with Crippen LogP contribution in [0, 0.1) is 13.8 Å². The van der Waals surface area contributed by atoms with Gasteiger partial charge in [-0.15, -0.1) is 11.3 Å². The second-order valence-electron chi connectivity index (χ2n) is 5.57. The molecule has 0 fully saturated rings. The maximum atomic E-state index is 12.5. The lowest BCUT2D eigenvalue weighted by Crippen LogP contribution is -2.13. The average Bonchev–Trinajstić information content (AvgIpc) is 3.01. The zero-order chi connectivity index (χ0) is 18.0. The Balaban J connectivity index is 1.82. The highest BCUT2D eigenvalue weighted by molar-refractivity contribution is 7.92. The number of benzene rings is 2. The second kappa shape index (κ2) is 6.85. The molecule has 0 amide bonds. The minimum Gasteiger partial charge on any atom is -0.496 e. The molecule has 0 aliphatic rings. The molecule has 3 rings (SSSR count). The molecule has 2 aromatic carbocycles. The van der Waals surface area contributed by atoms with Crippen molar-refractivity contribution in [1.82, 2.24) is 4.98 Å². The van der Waals surface area contributed by atoms with Crippen molar-refractivity contribution < 1.29 is 13.2 Å². The first kappa shape index (κ1) is 17.4. The van der Waals surface area contributed by atoms with Gasteiger partial charge < -0.3 is 4.74 Å². The van der Waals surface area contributed by atoms with Crippen LogP contribution in [-0.4, -0.2) is 20.5 Å². The molecule has 0 spiro atoms. The van der Waals surface area contributed by atoms with Crippen LogP contribution in [0.5, 0.6) is 5.75 Å². The highest BCUT2D eigenvalue weighted by Crippen LogP contribution is 2.26. The number of methoxy groups -OCH3 is 1. The highest BCUT2D eigenvalue weighted by atomic mass is 32.2. The van der Waals surface area contributed by atoms with Crippen LogP contribution < -0.4 is 9.46 Å². The van der Waals surface area contributed by atoms with Gasteiger partial charge in [-0.2, -0.15) is 0 Å². The van der Waals surface area contributed by atoms with Gasteiger partial charge in [0.1, 0.15) is 5.75 Å². The van der Waals surface area contributed by atoms with Crippen molar-refractivity contribution in [1.29, 1.82) is 0 Å². The summed E-state index contributed by atoms with van der Waals surface area (Å²) in [5, 5.41) is 2.98. The van der Waals surface area contributed by atoms with E-state index < -0.39 is 10.0 Å². The summed E-state index contributed by atoms with van der Waals surface area (Å²) in [6.07, 6.45) is 0. The minimum atomic E-state index is -3.65. The van der Waals surface area contributed by atoms with E-state index in [0.29, 0.717) is 11.4 Å². The maximum absolute atomic E-state index is 12.5. The van der Waals surface area contributed by atoms with E-state index in [9.17, 15) is 8.42 Å². The topological polar surface area (TPSA) is 68.3 Å². The van der Waals surface area contributed by atoms with Gasteiger partial charge >= 0.3 is 0 Å². The summed E-state index contributed by atoms with van der Waals surface area (Å²) in [4.78, 5) is 4.63. The number of rotatable bonds is 5. The summed E-state index contributed by atoms with van der Waals surface area (Å²) in [5.41, 5.74) is 3.11. The first-order valence-corrected chi connectivity index (χ1v) is 9.95. The molecule has 1 N–H and O–H groups in total. The number of aryl methyl sites for hydroxylation is 2. The fourth-order valence-corrected chi connectivity index (χ4v) is 4.20. The SMILES string of the molecule is COc1ccc(S(=O)(=O)Nc2ccc(-c3csc(C)n3)cc2)cc1C. The fraction of sp³-hybridized carbons (Fsp3) is 0.167. The summed E-state index contributed by atoms with van der Waals surface area (Å²) < 4.78 is 32.9. The molecule has 25 heavy (non-hydrogen) atoms. The lowest BCUT2D eigenvalue weighted by atomic mass is 10.1. The Morgan fingerprint density at radius 1 is 1.08 bits per heavy atom. The lowest BCUT2D eigenvalue weighted by molar-refractivity contribution is 0.411. The van der Waals surface area contributed by atoms with Crippen LogP contribution in [0.3, 0.4) is 0 Å². The van der Waals surface area contributed by atoms with Gasteiger partial charge in [0.2, 0.25) is 0 Å². The third-order valence-electron chi connectivity index (χ3n) is 3.73. The predicted molar refractivity (Wildman–Crippen MR) is 101 cm³/mol.